The standard InChI is InChI=1S/C20H23N5O/c1-14(2)15-3-5-16(6-4-15)20(26)22-17-9-11-25(12-10-17)19-8-7-18(13-21)23-24-19/h3-8,14,17H,9-12H2,1-2H3,(H,22,26). The van der Waals surface area contributed by atoms with E-state index in [1.807, 2.05) is 36.4 Å². The number of hydrogen-bond donors (Lipinski definition) is 1. The molecule has 0 bridgehead atoms. The minimum absolute atomic E-state index is 0.0167. The van der Waals surface area contributed by atoms with Crippen LogP contribution in [-0.4, -0.2) is 35.2 Å². The van der Waals surface area contributed by atoms with Gasteiger partial charge in [0, 0.05) is 24.7 Å². The molecule has 6 nitrogen and oxygen atoms in total. The summed E-state index contributed by atoms with van der Waals surface area (Å²) in [6.07, 6.45) is 1.72. The summed E-state index contributed by atoms with van der Waals surface area (Å²) >= 11 is 0. The normalized spacial score (nSPS) is 14.9. The van der Waals surface area contributed by atoms with Gasteiger partial charge in [-0.3, -0.25) is 4.79 Å². The minimum atomic E-state index is -0.0167. The molecule has 1 fully saturated rings. The van der Waals surface area contributed by atoms with Gasteiger partial charge >= 0.3 is 0 Å². The molecule has 0 saturated carbocycles. The van der Waals surface area contributed by atoms with Crippen LogP contribution < -0.4 is 10.2 Å². The summed E-state index contributed by atoms with van der Waals surface area (Å²) in [5, 5.41) is 19.9. The maximum atomic E-state index is 12.4. The van der Waals surface area contributed by atoms with Gasteiger partial charge in [-0.1, -0.05) is 26.0 Å². The van der Waals surface area contributed by atoms with Crippen LogP contribution in [0.3, 0.4) is 0 Å². The number of piperidine rings is 1. The van der Waals surface area contributed by atoms with Crippen LogP contribution in [0.15, 0.2) is 36.4 Å². The van der Waals surface area contributed by atoms with Gasteiger partial charge in [-0.25, -0.2) is 0 Å². The third-order valence-electron chi connectivity index (χ3n) is 4.76. The summed E-state index contributed by atoms with van der Waals surface area (Å²) in [6, 6.07) is 13.5. The van der Waals surface area contributed by atoms with E-state index in [2.05, 4.69) is 34.3 Å². The largest absolute Gasteiger partial charge is 0.355 e. The topological polar surface area (TPSA) is 81.9 Å². The first-order valence-corrected chi connectivity index (χ1v) is 8.96. The average molecular weight is 349 g/mol. The maximum absolute atomic E-state index is 12.4. The number of nitriles is 1. The van der Waals surface area contributed by atoms with Crippen molar-refractivity contribution in [1.29, 1.82) is 5.26 Å². The van der Waals surface area contributed by atoms with Crippen LogP contribution in [0.2, 0.25) is 0 Å². The Morgan fingerprint density at radius 1 is 1.15 bits per heavy atom. The predicted molar refractivity (Wildman–Crippen MR) is 100.0 cm³/mol. The van der Waals surface area contributed by atoms with E-state index >= 15 is 0 Å². The lowest BCUT2D eigenvalue weighted by Crippen LogP contribution is -2.45. The summed E-state index contributed by atoms with van der Waals surface area (Å²) < 4.78 is 0. The van der Waals surface area contributed by atoms with E-state index in [-0.39, 0.29) is 11.9 Å². The first kappa shape index (κ1) is 17.9. The molecule has 1 aliphatic rings. The van der Waals surface area contributed by atoms with Crippen LogP contribution in [0.4, 0.5) is 5.82 Å². The number of nitrogens with zero attached hydrogens (tertiary/aromatic N) is 4. The van der Waals surface area contributed by atoms with Crippen LogP contribution in [0.5, 0.6) is 0 Å². The van der Waals surface area contributed by atoms with Crippen LogP contribution in [0.1, 0.15) is 54.2 Å². The predicted octanol–water partition coefficient (Wildman–Crippen LogP) is 2.87. The fraction of sp³-hybridized carbons (Fsp3) is 0.400. The number of benzene rings is 1. The molecule has 6 heteroatoms. The third-order valence-corrected chi connectivity index (χ3v) is 4.76. The molecule has 0 radical (unpaired) electrons. The van der Waals surface area contributed by atoms with Gasteiger partial charge in [0.25, 0.3) is 5.91 Å². The van der Waals surface area contributed by atoms with Crippen LogP contribution in [-0.2, 0) is 0 Å². The molecular weight excluding hydrogens is 326 g/mol. The number of nitrogens with one attached hydrogen (secondary N) is 1. The number of aromatic nitrogens is 2. The molecular formula is C20H23N5O. The molecule has 26 heavy (non-hydrogen) atoms. The monoisotopic (exact) mass is 349 g/mol. The molecule has 1 N–H and O–H groups in total. The number of amides is 1. The summed E-state index contributed by atoms with van der Waals surface area (Å²) in [6.45, 7) is 5.89. The first-order chi connectivity index (χ1) is 12.6. The van der Waals surface area contributed by atoms with E-state index in [4.69, 9.17) is 5.26 Å². The molecule has 0 aliphatic carbocycles. The van der Waals surface area contributed by atoms with E-state index < -0.39 is 0 Å². The van der Waals surface area contributed by atoms with Crippen molar-refractivity contribution in [3.05, 3.63) is 53.2 Å². The highest BCUT2D eigenvalue weighted by Gasteiger charge is 2.22. The van der Waals surface area contributed by atoms with E-state index in [1.54, 1.807) is 6.07 Å². The minimum Gasteiger partial charge on any atom is -0.355 e. The Kier molecular flexibility index (Phi) is 5.47. The molecule has 0 spiro atoms. The fourth-order valence-electron chi connectivity index (χ4n) is 3.09. The SMILES string of the molecule is CC(C)c1ccc(C(=O)NC2CCN(c3ccc(C#N)nn3)CC2)cc1. The zero-order chi connectivity index (χ0) is 18.5. The van der Waals surface area contributed by atoms with E-state index in [9.17, 15) is 4.79 Å². The Bertz CT molecular complexity index is 784. The molecule has 0 unspecified atom stereocenters. The molecule has 1 amide bonds. The van der Waals surface area contributed by atoms with Gasteiger partial charge in [0.1, 0.15) is 6.07 Å². The van der Waals surface area contributed by atoms with E-state index in [1.165, 1.54) is 5.56 Å². The van der Waals surface area contributed by atoms with Crippen molar-refractivity contribution in [3.63, 3.8) is 0 Å². The van der Waals surface area contributed by atoms with Gasteiger partial charge in [-0.2, -0.15) is 5.26 Å². The second-order valence-corrected chi connectivity index (χ2v) is 6.90. The highest BCUT2D eigenvalue weighted by molar-refractivity contribution is 5.94. The number of carbonyl (C=O) groups excluding carboxylic acids is 1. The number of rotatable bonds is 4. The number of anilines is 1. The van der Waals surface area contributed by atoms with Crippen molar-refractivity contribution >= 4 is 11.7 Å². The smallest absolute Gasteiger partial charge is 0.251 e. The lowest BCUT2D eigenvalue weighted by atomic mass is 10.0. The Hall–Kier alpha value is -2.94. The van der Waals surface area contributed by atoms with Crippen molar-refractivity contribution in [3.8, 4) is 6.07 Å². The van der Waals surface area contributed by atoms with Crippen molar-refractivity contribution in [2.75, 3.05) is 18.0 Å². The first-order valence-electron chi connectivity index (χ1n) is 8.96. The zero-order valence-corrected chi connectivity index (χ0v) is 15.1. The molecule has 3 rings (SSSR count). The second kappa shape index (κ2) is 7.96. The Morgan fingerprint density at radius 3 is 2.38 bits per heavy atom. The summed E-state index contributed by atoms with van der Waals surface area (Å²) in [5.74, 6) is 1.22. The Morgan fingerprint density at radius 2 is 1.85 bits per heavy atom. The van der Waals surface area contributed by atoms with Crippen molar-refractivity contribution < 1.29 is 4.79 Å². The maximum Gasteiger partial charge on any atom is 0.251 e. The van der Waals surface area contributed by atoms with Gasteiger partial charge in [0.05, 0.1) is 0 Å². The molecule has 2 aromatic rings. The highest BCUT2D eigenvalue weighted by atomic mass is 16.1. The average Bonchev–Trinajstić information content (AvgIpc) is 2.68. The molecule has 1 aromatic heterocycles. The van der Waals surface area contributed by atoms with Gasteiger partial charge in [-0.15, -0.1) is 10.2 Å². The lowest BCUT2D eigenvalue weighted by molar-refractivity contribution is 0.0931. The van der Waals surface area contributed by atoms with Crippen LogP contribution in [0, 0.1) is 11.3 Å². The van der Waals surface area contributed by atoms with Crippen molar-refractivity contribution in [2.45, 2.75) is 38.6 Å². The molecule has 2 heterocycles. The Balaban J connectivity index is 1.53. The Labute approximate surface area is 153 Å². The van der Waals surface area contributed by atoms with Crippen LogP contribution in [0.25, 0.3) is 0 Å². The molecule has 1 aromatic carbocycles. The second-order valence-electron chi connectivity index (χ2n) is 6.90. The zero-order valence-electron chi connectivity index (χ0n) is 15.1. The van der Waals surface area contributed by atoms with Gasteiger partial charge < -0.3 is 10.2 Å². The van der Waals surface area contributed by atoms with Gasteiger partial charge in [-0.05, 0) is 48.6 Å². The van der Waals surface area contributed by atoms with Crippen LogP contribution >= 0.6 is 0 Å². The summed E-state index contributed by atoms with van der Waals surface area (Å²) in [5.41, 5.74) is 2.26. The third kappa shape index (κ3) is 4.17. The number of hydrogen-bond acceptors (Lipinski definition) is 5. The molecule has 1 aliphatic heterocycles. The lowest BCUT2D eigenvalue weighted by Gasteiger charge is -2.32. The summed E-state index contributed by atoms with van der Waals surface area (Å²) in [7, 11) is 0. The highest BCUT2D eigenvalue weighted by Crippen LogP contribution is 2.18. The molecule has 0 atom stereocenters. The number of carbonyl (C=O) groups is 1. The van der Waals surface area contributed by atoms with Gasteiger partial charge in [0.15, 0.2) is 11.5 Å². The quantitative estimate of drug-likeness (QED) is 0.918. The molecule has 134 valence electrons. The molecule has 1 saturated heterocycles. The van der Waals surface area contributed by atoms with Crippen molar-refractivity contribution in [2.24, 2.45) is 0 Å². The van der Waals surface area contributed by atoms with Crippen molar-refractivity contribution in [1.82, 2.24) is 15.5 Å². The van der Waals surface area contributed by atoms with E-state index in [0.29, 0.717) is 17.2 Å². The fourth-order valence-corrected chi connectivity index (χ4v) is 3.09. The summed E-state index contributed by atoms with van der Waals surface area (Å²) in [4.78, 5) is 14.6. The van der Waals surface area contributed by atoms with E-state index in [0.717, 1.165) is 31.7 Å². The van der Waals surface area contributed by atoms with Gasteiger partial charge in [0.2, 0.25) is 0 Å².